The summed E-state index contributed by atoms with van der Waals surface area (Å²) in [7, 11) is 0. The first-order chi connectivity index (χ1) is 22.7. The second-order valence-corrected chi connectivity index (χ2v) is 10.7. The van der Waals surface area contributed by atoms with Crippen molar-refractivity contribution in [3.63, 3.8) is 0 Å². The van der Waals surface area contributed by atoms with E-state index in [9.17, 15) is 26.3 Å². The number of benzene rings is 4. The van der Waals surface area contributed by atoms with E-state index in [1.54, 1.807) is 18.5 Å². The molecule has 5 rings (SSSR count). The molecule has 0 atom stereocenters. The predicted molar refractivity (Wildman–Crippen MR) is 159 cm³/mol. The lowest BCUT2D eigenvalue weighted by Crippen LogP contribution is -2.21. The van der Waals surface area contributed by atoms with E-state index in [-0.39, 0.29) is 11.1 Å². The molecule has 250 valence electrons. The Kier molecular flexibility index (Phi) is 9.97. The molecule has 0 aliphatic rings. The van der Waals surface area contributed by atoms with E-state index in [2.05, 4.69) is 21.6 Å². The number of ether oxygens (including phenoxy) is 2. The van der Waals surface area contributed by atoms with Gasteiger partial charge >= 0.3 is 12.5 Å². The normalized spacial score (nSPS) is 11.9. The Bertz CT molecular complexity index is 1870. The third kappa shape index (κ3) is 8.07. The molecule has 4 nitrogen and oxygen atoms in total. The van der Waals surface area contributed by atoms with Crippen molar-refractivity contribution in [3.8, 4) is 45.1 Å². The zero-order chi connectivity index (χ0) is 34.6. The van der Waals surface area contributed by atoms with Crippen molar-refractivity contribution in [2.24, 2.45) is 0 Å². The number of aryl methyl sites for hydroxylation is 1. The zero-order valence-corrected chi connectivity index (χ0v) is 25.0. The number of hydrogen-bond donors (Lipinski definition) is 0. The van der Waals surface area contributed by atoms with Gasteiger partial charge in [-0.3, -0.25) is 0 Å². The standard InChI is InChI=1S/C35H25F9N2O2/c1-2-3-4-5-20-18-45-33(46-19-20)22-8-12-26(28(36)14-22)21-6-9-24(10-7-21)34(40,41)47-25-11-13-27(29(37)17-25)23-15-30(38)32(31(39)16-23)48-35(42,43)44/h6-19H,2-5H2,1H3. The van der Waals surface area contributed by atoms with Crippen molar-refractivity contribution < 1.29 is 49.0 Å². The summed E-state index contributed by atoms with van der Waals surface area (Å²) in [5.74, 6) is -7.46. The fourth-order valence-electron chi connectivity index (χ4n) is 4.87. The van der Waals surface area contributed by atoms with Gasteiger partial charge in [0.25, 0.3) is 0 Å². The van der Waals surface area contributed by atoms with Crippen LogP contribution in [0.4, 0.5) is 39.5 Å². The van der Waals surface area contributed by atoms with Crippen LogP contribution in [0.15, 0.2) is 85.2 Å². The lowest BCUT2D eigenvalue weighted by Gasteiger charge is -2.19. The highest BCUT2D eigenvalue weighted by Gasteiger charge is 2.36. The lowest BCUT2D eigenvalue weighted by atomic mass is 10.0. The highest BCUT2D eigenvalue weighted by atomic mass is 19.4. The molecule has 0 aliphatic heterocycles. The minimum atomic E-state index is -5.38. The SMILES string of the molecule is CCCCCc1cnc(-c2ccc(-c3ccc(C(F)(F)Oc4ccc(-c5cc(F)c(OC(F)(F)F)c(F)c5)c(F)c4)cc3)c(F)c2)nc1. The zero-order valence-electron chi connectivity index (χ0n) is 25.0. The van der Waals surface area contributed by atoms with Gasteiger partial charge in [-0.2, -0.15) is 8.78 Å². The van der Waals surface area contributed by atoms with Crippen LogP contribution in [0.3, 0.4) is 0 Å². The van der Waals surface area contributed by atoms with Gasteiger partial charge in [0, 0.05) is 35.2 Å². The molecule has 0 bridgehead atoms. The Balaban J connectivity index is 1.28. The van der Waals surface area contributed by atoms with Crippen LogP contribution in [0, 0.1) is 23.3 Å². The smallest absolute Gasteiger partial charge is 0.429 e. The number of nitrogens with zero attached hydrogens (tertiary/aromatic N) is 2. The summed E-state index contributed by atoms with van der Waals surface area (Å²) >= 11 is 0. The molecule has 0 N–H and O–H groups in total. The number of unbranched alkanes of at least 4 members (excludes halogenated alkanes) is 2. The Morgan fingerprint density at radius 1 is 0.604 bits per heavy atom. The van der Waals surface area contributed by atoms with Gasteiger partial charge in [0.1, 0.15) is 17.4 Å². The minimum Gasteiger partial charge on any atom is -0.429 e. The summed E-state index contributed by atoms with van der Waals surface area (Å²) in [5, 5.41) is 0. The molecule has 4 aromatic carbocycles. The first kappa shape index (κ1) is 34.3. The molecule has 1 heterocycles. The highest BCUT2D eigenvalue weighted by molar-refractivity contribution is 5.69. The Hall–Kier alpha value is -5.07. The van der Waals surface area contributed by atoms with Crippen LogP contribution in [-0.4, -0.2) is 16.3 Å². The summed E-state index contributed by atoms with van der Waals surface area (Å²) < 4.78 is 133. The van der Waals surface area contributed by atoms with Crippen molar-refractivity contribution in [1.29, 1.82) is 0 Å². The predicted octanol–water partition coefficient (Wildman–Crippen LogP) is 10.8. The fraction of sp³-hybridized carbons (Fsp3) is 0.200. The monoisotopic (exact) mass is 676 g/mol. The molecule has 48 heavy (non-hydrogen) atoms. The van der Waals surface area contributed by atoms with Crippen LogP contribution in [-0.2, 0) is 12.5 Å². The molecule has 0 fully saturated rings. The van der Waals surface area contributed by atoms with Gasteiger partial charge < -0.3 is 9.47 Å². The molecule has 0 unspecified atom stereocenters. The van der Waals surface area contributed by atoms with Crippen LogP contribution in [0.5, 0.6) is 11.5 Å². The summed E-state index contributed by atoms with van der Waals surface area (Å²) in [6.07, 6.45) is -1.92. The maximum Gasteiger partial charge on any atom is 0.573 e. The maximum atomic E-state index is 15.1. The molecule has 1 aromatic heterocycles. The number of aromatic nitrogens is 2. The summed E-state index contributed by atoms with van der Waals surface area (Å²) in [4.78, 5) is 8.65. The Morgan fingerprint density at radius 2 is 1.17 bits per heavy atom. The summed E-state index contributed by atoms with van der Waals surface area (Å²) in [6, 6.07) is 11.9. The highest BCUT2D eigenvalue weighted by Crippen LogP contribution is 2.37. The number of alkyl halides is 5. The minimum absolute atomic E-state index is 0.134. The van der Waals surface area contributed by atoms with E-state index >= 15 is 13.2 Å². The molecule has 0 radical (unpaired) electrons. The van der Waals surface area contributed by atoms with Gasteiger partial charge in [0.2, 0.25) is 5.75 Å². The Labute approximate surface area is 268 Å². The molecule has 0 saturated carbocycles. The number of rotatable bonds is 11. The molecule has 0 saturated heterocycles. The van der Waals surface area contributed by atoms with Crippen molar-refractivity contribution >= 4 is 0 Å². The third-order valence-corrected chi connectivity index (χ3v) is 7.25. The van der Waals surface area contributed by atoms with E-state index in [1.807, 2.05) is 0 Å². The average Bonchev–Trinajstić information content (AvgIpc) is 3.03. The van der Waals surface area contributed by atoms with Gasteiger partial charge in [0.15, 0.2) is 17.5 Å². The lowest BCUT2D eigenvalue weighted by molar-refractivity contribution is -0.276. The van der Waals surface area contributed by atoms with Crippen LogP contribution in [0.2, 0.25) is 0 Å². The van der Waals surface area contributed by atoms with Crippen molar-refractivity contribution in [2.75, 3.05) is 0 Å². The van der Waals surface area contributed by atoms with Gasteiger partial charge in [-0.15, -0.1) is 13.2 Å². The quantitative estimate of drug-likeness (QED) is 0.103. The first-order valence-corrected chi connectivity index (χ1v) is 14.6. The molecule has 0 spiro atoms. The van der Waals surface area contributed by atoms with Crippen LogP contribution in [0.25, 0.3) is 33.6 Å². The number of halogens is 9. The molecule has 0 aliphatic carbocycles. The second-order valence-electron chi connectivity index (χ2n) is 10.7. The molecular weight excluding hydrogens is 651 g/mol. The fourth-order valence-corrected chi connectivity index (χ4v) is 4.87. The third-order valence-electron chi connectivity index (χ3n) is 7.25. The van der Waals surface area contributed by atoms with E-state index in [0.717, 1.165) is 55.5 Å². The maximum absolute atomic E-state index is 15.1. The van der Waals surface area contributed by atoms with E-state index in [4.69, 9.17) is 4.74 Å². The molecule has 13 heteroatoms. The Morgan fingerprint density at radius 3 is 1.75 bits per heavy atom. The largest absolute Gasteiger partial charge is 0.573 e. The van der Waals surface area contributed by atoms with Gasteiger partial charge in [-0.1, -0.05) is 44.0 Å². The molecule has 0 amide bonds. The summed E-state index contributed by atoms with van der Waals surface area (Å²) in [6.45, 7) is 2.11. The summed E-state index contributed by atoms with van der Waals surface area (Å²) in [5.41, 5.74) is 0.160. The van der Waals surface area contributed by atoms with Crippen LogP contribution < -0.4 is 9.47 Å². The van der Waals surface area contributed by atoms with Crippen molar-refractivity contribution in [3.05, 3.63) is 120 Å². The van der Waals surface area contributed by atoms with Gasteiger partial charge in [0.05, 0.1) is 5.56 Å². The first-order valence-electron chi connectivity index (χ1n) is 14.6. The van der Waals surface area contributed by atoms with E-state index < -0.39 is 63.9 Å². The topological polar surface area (TPSA) is 44.2 Å². The van der Waals surface area contributed by atoms with E-state index in [0.29, 0.717) is 29.6 Å². The van der Waals surface area contributed by atoms with Crippen molar-refractivity contribution in [2.45, 2.75) is 45.1 Å². The molecular formula is C35H25F9N2O2. The van der Waals surface area contributed by atoms with Gasteiger partial charge in [-0.25, -0.2) is 27.5 Å². The van der Waals surface area contributed by atoms with Gasteiger partial charge in [-0.05, 0) is 72.0 Å². The second kappa shape index (κ2) is 14.0. The van der Waals surface area contributed by atoms with Crippen LogP contribution >= 0.6 is 0 Å². The van der Waals surface area contributed by atoms with E-state index in [1.165, 1.54) is 24.3 Å². The van der Waals surface area contributed by atoms with Crippen molar-refractivity contribution in [1.82, 2.24) is 9.97 Å². The number of hydrogen-bond acceptors (Lipinski definition) is 4. The molecule has 5 aromatic rings. The average molecular weight is 677 g/mol. The van der Waals surface area contributed by atoms with Crippen LogP contribution in [0.1, 0.15) is 37.3 Å².